The molecule has 0 atom stereocenters. The molecule has 1 aromatic carbocycles. The molecule has 2 rings (SSSR count). The minimum atomic E-state index is -0.00999. The van der Waals surface area contributed by atoms with Gasteiger partial charge in [-0.25, -0.2) is 0 Å². The molecule has 1 N–H and O–H groups in total. The molecule has 5 heteroatoms. The molecule has 1 amide bonds. The monoisotopic (exact) mass is 291 g/mol. The zero-order chi connectivity index (χ0) is 14.4. The Morgan fingerprint density at radius 1 is 1.35 bits per heavy atom. The number of hydrogen-bond donors (Lipinski definition) is 1. The van der Waals surface area contributed by atoms with E-state index in [2.05, 4.69) is 10.4 Å². The summed E-state index contributed by atoms with van der Waals surface area (Å²) in [5, 5.41) is 7.73. The van der Waals surface area contributed by atoms with E-state index in [1.807, 2.05) is 37.4 Å². The average Bonchev–Trinajstić information content (AvgIpc) is 2.82. The Kier molecular flexibility index (Phi) is 5.18. The summed E-state index contributed by atoms with van der Waals surface area (Å²) in [6.45, 7) is 2.89. The topological polar surface area (TPSA) is 46.9 Å². The molecule has 0 saturated heterocycles. The molecule has 0 bridgehead atoms. The highest BCUT2D eigenvalue weighted by atomic mass is 35.5. The number of carbonyl (C=O) groups excluding carboxylic acids is 1. The summed E-state index contributed by atoms with van der Waals surface area (Å²) < 4.78 is 1.64. The minimum Gasteiger partial charge on any atom is -0.354 e. The van der Waals surface area contributed by atoms with Crippen molar-refractivity contribution >= 4 is 17.5 Å². The Labute approximate surface area is 123 Å². The first kappa shape index (κ1) is 14.6. The van der Waals surface area contributed by atoms with Crippen molar-refractivity contribution in [2.24, 2.45) is 0 Å². The van der Waals surface area contributed by atoms with Crippen LogP contribution in [0.4, 0.5) is 0 Å². The third kappa shape index (κ3) is 4.70. The van der Waals surface area contributed by atoms with Crippen molar-refractivity contribution < 1.29 is 4.79 Å². The second-order valence-corrected chi connectivity index (χ2v) is 5.23. The van der Waals surface area contributed by atoms with E-state index in [-0.39, 0.29) is 12.5 Å². The zero-order valence-electron chi connectivity index (χ0n) is 11.5. The van der Waals surface area contributed by atoms with E-state index in [4.69, 9.17) is 11.6 Å². The molecule has 0 aliphatic heterocycles. The van der Waals surface area contributed by atoms with E-state index in [1.54, 1.807) is 10.9 Å². The molecule has 4 nitrogen and oxygen atoms in total. The summed E-state index contributed by atoms with van der Waals surface area (Å²) in [4.78, 5) is 11.7. The highest BCUT2D eigenvalue weighted by molar-refractivity contribution is 6.30. The second kappa shape index (κ2) is 7.10. The van der Waals surface area contributed by atoms with Crippen LogP contribution in [0, 0.1) is 6.92 Å². The van der Waals surface area contributed by atoms with E-state index in [0.29, 0.717) is 6.54 Å². The van der Waals surface area contributed by atoms with Crippen LogP contribution in [0.15, 0.2) is 36.7 Å². The van der Waals surface area contributed by atoms with Crippen LogP contribution in [-0.2, 0) is 17.8 Å². The van der Waals surface area contributed by atoms with Gasteiger partial charge in [0.05, 0.1) is 6.20 Å². The Balaban J connectivity index is 1.65. The van der Waals surface area contributed by atoms with Crippen molar-refractivity contribution in [3.05, 3.63) is 52.8 Å². The van der Waals surface area contributed by atoms with Crippen molar-refractivity contribution in [1.82, 2.24) is 15.1 Å². The largest absolute Gasteiger partial charge is 0.354 e. The highest BCUT2D eigenvalue weighted by Crippen LogP contribution is 2.10. The number of hydrogen-bond acceptors (Lipinski definition) is 2. The highest BCUT2D eigenvalue weighted by Gasteiger charge is 2.03. The van der Waals surface area contributed by atoms with Crippen LogP contribution >= 0.6 is 11.6 Å². The molecule has 0 fully saturated rings. The number of rotatable bonds is 6. The number of aromatic nitrogens is 2. The van der Waals surface area contributed by atoms with Crippen molar-refractivity contribution in [3.8, 4) is 0 Å². The third-order valence-corrected chi connectivity index (χ3v) is 3.20. The van der Waals surface area contributed by atoms with Crippen LogP contribution in [0.1, 0.15) is 17.5 Å². The molecular weight excluding hydrogens is 274 g/mol. The van der Waals surface area contributed by atoms with Gasteiger partial charge in [-0.2, -0.15) is 5.10 Å². The van der Waals surface area contributed by atoms with Gasteiger partial charge >= 0.3 is 0 Å². The lowest BCUT2D eigenvalue weighted by Crippen LogP contribution is -2.28. The lowest BCUT2D eigenvalue weighted by molar-refractivity contribution is -0.121. The first-order chi connectivity index (χ1) is 9.63. The molecule has 0 spiro atoms. The quantitative estimate of drug-likeness (QED) is 0.832. The maximum absolute atomic E-state index is 11.7. The molecule has 0 aliphatic carbocycles. The van der Waals surface area contributed by atoms with Crippen molar-refractivity contribution in [2.45, 2.75) is 26.3 Å². The smallest absolute Gasteiger partial charge is 0.241 e. The Bertz CT molecular complexity index is 563. The molecule has 106 valence electrons. The molecule has 0 unspecified atom stereocenters. The van der Waals surface area contributed by atoms with Gasteiger partial charge in [0.1, 0.15) is 6.54 Å². The van der Waals surface area contributed by atoms with E-state index in [9.17, 15) is 4.79 Å². The lowest BCUT2D eigenvalue weighted by Gasteiger charge is -2.05. The zero-order valence-corrected chi connectivity index (χ0v) is 12.2. The third-order valence-electron chi connectivity index (χ3n) is 2.95. The van der Waals surface area contributed by atoms with Crippen molar-refractivity contribution in [2.75, 3.05) is 6.54 Å². The SMILES string of the molecule is Cc1cnn(CC(=O)NCCCc2ccc(Cl)cc2)c1. The number of benzene rings is 1. The van der Waals surface area contributed by atoms with Crippen LogP contribution < -0.4 is 5.32 Å². The first-order valence-electron chi connectivity index (χ1n) is 6.64. The van der Waals surface area contributed by atoms with Crippen molar-refractivity contribution in [3.63, 3.8) is 0 Å². The molecule has 20 heavy (non-hydrogen) atoms. The summed E-state index contributed by atoms with van der Waals surface area (Å²) in [6, 6.07) is 7.79. The van der Waals surface area contributed by atoms with Gasteiger partial charge in [-0.3, -0.25) is 9.48 Å². The van der Waals surface area contributed by atoms with E-state index in [1.165, 1.54) is 5.56 Å². The number of nitrogens with one attached hydrogen (secondary N) is 1. The van der Waals surface area contributed by atoms with Gasteiger partial charge in [0, 0.05) is 17.8 Å². The molecule has 1 heterocycles. The van der Waals surface area contributed by atoms with Crippen LogP contribution in [0.25, 0.3) is 0 Å². The van der Waals surface area contributed by atoms with Gasteiger partial charge in [-0.1, -0.05) is 23.7 Å². The second-order valence-electron chi connectivity index (χ2n) is 4.80. The van der Waals surface area contributed by atoms with Crippen molar-refractivity contribution in [1.29, 1.82) is 0 Å². The normalized spacial score (nSPS) is 10.5. The fourth-order valence-electron chi connectivity index (χ4n) is 1.93. The Morgan fingerprint density at radius 3 is 2.75 bits per heavy atom. The standard InChI is InChI=1S/C15H18ClN3O/c1-12-9-18-19(10-12)11-15(20)17-8-2-3-13-4-6-14(16)7-5-13/h4-7,9-10H,2-3,8,11H2,1H3,(H,17,20). The molecule has 0 radical (unpaired) electrons. The van der Waals surface area contributed by atoms with Crippen LogP contribution in [-0.4, -0.2) is 22.2 Å². The predicted octanol–water partition coefficient (Wildman–Crippen LogP) is 2.59. The number of aryl methyl sites for hydroxylation is 2. The first-order valence-corrected chi connectivity index (χ1v) is 7.01. The maximum Gasteiger partial charge on any atom is 0.241 e. The fraction of sp³-hybridized carbons (Fsp3) is 0.333. The summed E-state index contributed by atoms with van der Waals surface area (Å²) in [5.41, 5.74) is 2.28. The molecular formula is C15H18ClN3O. The molecule has 2 aromatic rings. The predicted molar refractivity (Wildman–Crippen MR) is 79.7 cm³/mol. The molecule has 0 aliphatic rings. The van der Waals surface area contributed by atoms with E-state index in [0.717, 1.165) is 23.4 Å². The van der Waals surface area contributed by atoms with Gasteiger partial charge in [-0.05, 0) is 43.0 Å². The summed E-state index contributed by atoms with van der Waals surface area (Å²) in [5.74, 6) is -0.00999. The summed E-state index contributed by atoms with van der Waals surface area (Å²) in [7, 11) is 0. The average molecular weight is 292 g/mol. The van der Waals surface area contributed by atoms with Crippen LogP contribution in [0.3, 0.4) is 0 Å². The van der Waals surface area contributed by atoms with Gasteiger partial charge in [0.25, 0.3) is 0 Å². The number of amides is 1. The Hall–Kier alpha value is -1.81. The van der Waals surface area contributed by atoms with Gasteiger partial charge < -0.3 is 5.32 Å². The molecule has 1 aromatic heterocycles. The van der Waals surface area contributed by atoms with E-state index < -0.39 is 0 Å². The number of halogens is 1. The van der Waals surface area contributed by atoms with Crippen LogP contribution in [0.5, 0.6) is 0 Å². The Morgan fingerprint density at radius 2 is 2.10 bits per heavy atom. The van der Waals surface area contributed by atoms with E-state index >= 15 is 0 Å². The fourth-order valence-corrected chi connectivity index (χ4v) is 2.05. The number of nitrogens with zero attached hydrogens (tertiary/aromatic N) is 2. The maximum atomic E-state index is 11.7. The summed E-state index contributed by atoms with van der Waals surface area (Å²) >= 11 is 5.83. The summed E-state index contributed by atoms with van der Waals surface area (Å²) in [6.07, 6.45) is 5.44. The van der Waals surface area contributed by atoms with Crippen LogP contribution in [0.2, 0.25) is 5.02 Å². The number of carbonyl (C=O) groups is 1. The van der Waals surface area contributed by atoms with Gasteiger partial charge in [-0.15, -0.1) is 0 Å². The lowest BCUT2D eigenvalue weighted by atomic mass is 10.1. The minimum absolute atomic E-state index is 0.00999. The van der Waals surface area contributed by atoms with Gasteiger partial charge in [0.15, 0.2) is 0 Å². The van der Waals surface area contributed by atoms with Gasteiger partial charge in [0.2, 0.25) is 5.91 Å². The molecule has 0 saturated carbocycles.